The molecule has 1 aromatic heterocycles. The Morgan fingerprint density at radius 1 is 1.43 bits per heavy atom. The van der Waals surface area contributed by atoms with Gasteiger partial charge in [-0.15, -0.1) is 11.3 Å². The second-order valence-electron chi connectivity index (χ2n) is 4.36. The number of amidine groups is 1. The van der Waals surface area contributed by atoms with Crippen molar-refractivity contribution in [1.82, 2.24) is 0 Å². The molecule has 1 atom stereocenters. The zero-order valence-electron chi connectivity index (χ0n) is 11.0. The fourth-order valence-electron chi connectivity index (χ4n) is 1.83. The highest BCUT2D eigenvalue weighted by Crippen LogP contribution is 2.17. The van der Waals surface area contributed by atoms with Crippen LogP contribution in [0.4, 0.5) is 10.1 Å². The first-order chi connectivity index (χ1) is 10.1. The summed E-state index contributed by atoms with van der Waals surface area (Å²) in [7, 11) is 0. The lowest BCUT2D eigenvalue weighted by Crippen LogP contribution is -2.36. The van der Waals surface area contributed by atoms with Crippen molar-refractivity contribution >= 4 is 28.8 Å². The zero-order chi connectivity index (χ0) is 15.2. The summed E-state index contributed by atoms with van der Waals surface area (Å²) in [5.41, 5.74) is 5.91. The van der Waals surface area contributed by atoms with Gasteiger partial charge in [-0.3, -0.25) is 4.79 Å². The molecule has 0 spiro atoms. The maximum atomic E-state index is 13.1. The van der Waals surface area contributed by atoms with Gasteiger partial charge in [0.2, 0.25) is 5.91 Å². The lowest BCUT2D eigenvalue weighted by Gasteiger charge is -2.14. The van der Waals surface area contributed by atoms with Crippen LogP contribution in [0, 0.1) is 11.7 Å². The summed E-state index contributed by atoms with van der Waals surface area (Å²) in [6, 6.07) is 9.25. The smallest absolute Gasteiger partial charge is 0.235 e. The van der Waals surface area contributed by atoms with Gasteiger partial charge < -0.3 is 16.3 Å². The van der Waals surface area contributed by atoms with Crippen LogP contribution in [-0.2, 0) is 11.2 Å². The number of halogens is 1. The quantitative estimate of drug-likeness (QED) is 0.343. The van der Waals surface area contributed by atoms with Gasteiger partial charge in [-0.05, 0) is 29.6 Å². The van der Waals surface area contributed by atoms with Gasteiger partial charge >= 0.3 is 0 Å². The van der Waals surface area contributed by atoms with Crippen LogP contribution in [0.3, 0.4) is 0 Å². The molecule has 5 nitrogen and oxygen atoms in total. The molecule has 1 amide bonds. The van der Waals surface area contributed by atoms with Crippen LogP contribution < -0.4 is 11.1 Å². The molecule has 0 bridgehead atoms. The third kappa shape index (κ3) is 4.03. The van der Waals surface area contributed by atoms with Crippen molar-refractivity contribution in [2.75, 3.05) is 5.32 Å². The van der Waals surface area contributed by atoms with Gasteiger partial charge in [-0.2, -0.15) is 0 Å². The Hall–Kier alpha value is -2.41. The van der Waals surface area contributed by atoms with E-state index in [1.807, 2.05) is 17.5 Å². The van der Waals surface area contributed by atoms with Gasteiger partial charge in [0.15, 0.2) is 5.84 Å². The summed E-state index contributed by atoms with van der Waals surface area (Å²) in [4.78, 5) is 13.2. The molecule has 0 aliphatic carbocycles. The van der Waals surface area contributed by atoms with Gasteiger partial charge in [0.1, 0.15) is 11.7 Å². The number of hydrogen-bond acceptors (Lipinski definition) is 4. The Labute approximate surface area is 124 Å². The monoisotopic (exact) mass is 307 g/mol. The molecule has 2 aromatic rings. The predicted molar refractivity (Wildman–Crippen MR) is 80.0 cm³/mol. The summed E-state index contributed by atoms with van der Waals surface area (Å²) in [5.74, 6) is -1.91. The van der Waals surface area contributed by atoms with E-state index in [0.29, 0.717) is 12.1 Å². The van der Waals surface area contributed by atoms with Crippen molar-refractivity contribution in [2.45, 2.75) is 6.42 Å². The van der Waals surface area contributed by atoms with Crippen LogP contribution in [0.1, 0.15) is 4.88 Å². The molecule has 0 fully saturated rings. The summed E-state index contributed by atoms with van der Waals surface area (Å²) in [6.07, 6.45) is 0.314. The topological polar surface area (TPSA) is 87.7 Å². The molecule has 1 aromatic carbocycles. The Balaban J connectivity index is 2.14. The van der Waals surface area contributed by atoms with E-state index in [-0.39, 0.29) is 5.84 Å². The molecule has 21 heavy (non-hydrogen) atoms. The summed E-state index contributed by atoms with van der Waals surface area (Å²) >= 11 is 1.47. The van der Waals surface area contributed by atoms with Crippen molar-refractivity contribution in [2.24, 2.45) is 16.8 Å². The van der Waals surface area contributed by atoms with Crippen LogP contribution >= 0.6 is 11.3 Å². The van der Waals surface area contributed by atoms with E-state index in [0.717, 1.165) is 4.88 Å². The lowest BCUT2D eigenvalue weighted by atomic mass is 10.0. The lowest BCUT2D eigenvalue weighted by molar-refractivity contribution is -0.118. The minimum atomic E-state index is -0.822. The number of hydrogen-bond donors (Lipinski definition) is 3. The minimum Gasteiger partial charge on any atom is -0.409 e. The molecule has 1 heterocycles. The molecule has 7 heteroatoms. The number of amides is 1. The van der Waals surface area contributed by atoms with Crippen molar-refractivity contribution in [1.29, 1.82) is 0 Å². The van der Waals surface area contributed by atoms with Crippen molar-refractivity contribution in [3.05, 3.63) is 52.5 Å². The van der Waals surface area contributed by atoms with E-state index in [1.54, 1.807) is 6.07 Å². The van der Waals surface area contributed by atoms with E-state index < -0.39 is 17.6 Å². The Morgan fingerprint density at radius 3 is 2.86 bits per heavy atom. The van der Waals surface area contributed by atoms with Gasteiger partial charge in [0.05, 0.1) is 0 Å². The highest BCUT2D eigenvalue weighted by atomic mass is 32.1. The molecule has 0 saturated carbocycles. The number of rotatable bonds is 5. The average molecular weight is 307 g/mol. The summed E-state index contributed by atoms with van der Waals surface area (Å²) in [5, 5.41) is 16.2. The maximum Gasteiger partial charge on any atom is 0.235 e. The highest BCUT2D eigenvalue weighted by molar-refractivity contribution is 7.09. The number of thiophene rings is 1. The van der Waals surface area contributed by atoms with Crippen LogP contribution in [0.2, 0.25) is 0 Å². The summed E-state index contributed by atoms with van der Waals surface area (Å²) < 4.78 is 13.1. The molecule has 2 rings (SSSR count). The largest absolute Gasteiger partial charge is 0.409 e. The molecule has 0 unspecified atom stereocenters. The van der Waals surface area contributed by atoms with E-state index >= 15 is 0 Å². The highest BCUT2D eigenvalue weighted by Gasteiger charge is 2.24. The van der Waals surface area contributed by atoms with Gasteiger partial charge in [0, 0.05) is 17.0 Å². The molecule has 0 saturated heterocycles. The molecule has 0 aliphatic heterocycles. The SMILES string of the molecule is N/C(=N/O)[C@@H](Cc1cccs1)C(=O)Nc1cccc(F)c1. The number of carbonyl (C=O) groups excluding carboxylic acids is 1. The third-order valence-corrected chi connectivity index (χ3v) is 3.77. The molecule has 0 aliphatic rings. The van der Waals surface area contributed by atoms with Gasteiger partial charge in [-0.1, -0.05) is 17.3 Å². The second-order valence-corrected chi connectivity index (χ2v) is 5.39. The molecular formula is C14H14FN3O2S. The predicted octanol–water partition coefficient (Wildman–Crippen LogP) is 2.43. The van der Waals surface area contributed by atoms with Crippen molar-refractivity contribution in [3.8, 4) is 0 Å². The van der Waals surface area contributed by atoms with Crippen LogP contribution in [0.15, 0.2) is 46.9 Å². The normalized spacial score (nSPS) is 12.9. The van der Waals surface area contributed by atoms with E-state index in [1.165, 1.54) is 29.5 Å². The number of nitrogens with zero attached hydrogens (tertiary/aromatic N) is 1. The zero-order valence-corrected chi connectivity index (χ0v) is 11.8. The minimum absolute atomic E-state index is 0.183. The van der Waals surface area contributed by atoms with Crippen LogP contribution in [-0.4, -0.2) is 17.0 Å². The molecule has 0 radical (unpaired) electrons. The first kappa shape index (κ1) is 15.0. The first-order valence-corrected chi connectivity index (χ1v) is 7.04. The van der Waals surface area contributed by atoms with Crippen LogP contribution in [0.5, 0.6) is 0 Å². The van der Waals surface area contributed by atoms with Gasteiger partial charge in [0.25, 0.3) is 0 Å². The Kier molecular flexibility index (Phi) is 4.89. The summed E-state index contributed by atoms with van der Waals surface area (Å²) in [6.45, 7) is 0. The fourth-order valence-corrected chi connectivity index (χ4v) is 2.58. The number of nitrogens with two attached hydrogens (primary N) is 1. The van der Waals surface area contributed by atoms with E-state index in [2.05, 4.69) is 10.5 Å². The standard InChI is InChI=1S/C14H14FN3O2S/c15-9-3-1-4-10(7-9)17-14(19)12(13(16)18-20)8-11-5-2-6-21-11/h1-7,12,20H,8H2,(H2,16,18)(H,17,19)/t12-/m1/s1. The van der Waals surface area contributed by atoms with Gasteiger partial charge in [-0.25, -0.2) is 4.39 Å². The second kappa shape index (κ2) is 6.85. The number of anilines is 1. The maximum absolute atomic E-state index is 13.1. The fraction of sp³-hybridized carbons (Fsp3) is 0.143. The van der Waals surface area contributed by atoms with Crippen LogP contribution in [0.25, 0.3) is 0 Å². The molecule has 4 N–H and O–H groups in total. The van der Waals surface area contributed by atoms with Crippen molar-refractivity contribution in [3.63, 3.8) is 0 Å². The number of nitrogens with one attached hydrogen (secondary N) is 1. The Morgan fingerprint density at radius 2 is 2.24 bits per heavy atom. The molecule has 110 valence electrons. The van der Waals surface area contributed by atoms with Crippen molar-refractivity contribution < 1.29 is 14.4 Å². The first-order valence-electron chi connectivity index (χ1n) is 6.16. The molecular weight excluding hydrogens is 293 g/mol. The number of carbonyl (C=O) groups is 1. The van der Waals surface area contributed by atoms with E-state index in [4.69, 9.17) is 10.9 Å². The average Bonchev–Trinajstić information content (AvgIpc) is 2.97. The number of oxime groups is 1. The third-order valence-electron chi connectivity index (χ3n) is 2.87. The Bertz CT molecular complexity index is 643. The number of benzene rings is 1. The van der Waals surface area contributed by atoms with E-state index in [9.17, 15) is 9.18 Å².